The van der Waals surface area contributed by atoms with Gasteiger partial charge in [0.05, 0.1) is 17.8 Å². The first-order chi connectivity index (χ1) is 17.4. The van der Waals surface area contributed by atoms with Crippen molar-refractivity contribution in [1.82, 2.24) is 24.9 Å². The maximum atomic E-state index is 13.6. The van der Waals surface area contributed by atoms with E-state index < -0.39 is 0 Å². The van der Waals surface area contributed by atoms with E-state index in [1.807, 2.05) is 31.2 Å². The molecule has 0 unspecified atom stereocenters. The average Bonchev–Trinajstić information content (AvgIpc) is 3.33. The van der Waals surface area contributed by atoms with E-state index in [2.05, 4.69) is 10.2 Å². The lowest BCUT2D eigenvalue weighted by atomic mass is 10.1. The van der Waals surface area contributed by atoms with Crippen LogP contribution in [0.2, 0.25) is 0 Å². The monoisotopic (exact) mass is 493 g/mol. The molecule has 0 aliphatic carbocycles. The van der Waals surface area contributed by atoms with Crippen LogP contribution in [-0.2, 0) is 9.53 Å². The largest absolute Gasteiger partial charge is 0.385 e. The number of rotatable bonds is 9. The van der Waals surface area contributed by atoms with Crippen molar-refractivity contribution in [2.75, 3.05) is 53.0 Å². The Morgan fingerprint density at radius 3 is 2.39 bits per heavy atom. The van der Waals surface area contributed by atoms with E-state index in [-0.39, 0.29) is 17.6 Å². The molecule has 0 spiro atoms. The maximum Gasteiger partial charge on any atom is 0.257 e. The SMILES string of the molecule is COCCCNC(=O)CN1CCN(C(=O)c2cn(-c3ccc(F)cc3)nc2-c2ccc(C)cc2)CC1. The van der Waals surface area contributed by atoms with Crippen LogP contribution in [0.25, 0.3) is 16.9 Å². The lowest BCUT2D eigenvalue weighted by Crippen LogP contribution is -2.51. The van der Waals surface area contributed by atoms with Gasteiger partial charge in [-0.3, -0.25) is 14.5 Å². The minimum atomic E-state index is -0.331. The van der Waals surface area contributed by atoms with Gasteiger partial charge in [-0.1, -0.05) is 29.8 Å². The average molecular weight is 494 g/mol. The number of hydrogen-bond acceptors (Lipinski definition) is 5. The van der Waals surface area contributed by atoms with Gasteiger partial charge >= 0.3 is 0 Å². The highest BCUT2D eigenvalue weighted by Gasteiger charge is 2.27. The Balaban J connectivity index is 1.46. The molecule has 2 amide bonds. The Morgan fingerprint density at radius 1 is 1.03 bits per heavy atom. The van der Waals surface area contributed by atoms with Crippen LogP contribution in [0.4, 0.5) is 4.39 Å². The summed E-state index contributed by atoms with van der Waals surface area (Å²) in [5.74, 6) is -0.460. The van der Waals surface area contributed by atoms with Crippen LogP contribution in [0.1, 0.15) is 22.3 Å². The zero-order valence-corrected chi connectivity index (χ0v) is 20.7. The maximum absolute atomic E-state index is 13.6. The van der Waals surface area contributed by atoms with Crippen molar-refractivity contribution >= 4 is 11.8 Å². The van der Waals surface area contributed by atoms with Gasteiger partial charge in [0.2, 0.25) is 5.91 Å². The van der Waals surface area contributed by atoms with Crippen molar-refractivity contribution in [2.45, 2.75) is 13.3 Å². The normalized spacial score (nSPS) is 14.1. The molecule has 2 heterocycles. The first-order valence-electron chi connectivity index (χ1n) is 12.1. The van der Waals surface area contributed by atoms with Crippen LogP contribution in [0.3, 0.4) is 0 Å². The number of methoxy groups -OCH3 is 1. The zero-order chi connectivity index (χ0) is 25.5. The summed E-state index contributed by atoms with van der Waals surface area (Å²) in [6.07, 6.45) is 2.49. The summed E-state index contributed by atoms with van der Waals surface area (Å²) in [7, 11) is 1.64. The molecule has 1 saturated heterocycles. The fourth-order valence-electron chi connectivity index (χ4n) is 4.16. The third-order valence-electron chi connectivity index (χ3n) is 6.23. The second kappa shape index (κ2) is 11.9. The number of nitrogens with one attached hydrogen (secondary N) is 1. The molecule has 1 fully saturated rings. The van der Waals surface area contributed by atoms with Gasteiger partial charge < -0.3 is 15.0 Å². The van der Waals surface area contributed by atoms with E-state index in [0.29, 0.717) is 62.8 Å². The standard InChI is InChI=1S/C27H32FN5O3/c1-20-4-6-21(7-5-20)26-24(18-33(30-26)23-10-8-22(28)9-11-23)27(35)32-15-13-31(14-16-32)19-25(34)29-12-3-17-36-2/h4-11,18H,3,12-17,19H2,1-2H3,(H,29,34). The molecule has 1 aliphatic heterocycles. The van der Waals surface area contributed by atoms with E-state index in [4.69, 9.17) is 9.84 Å². The predicted octanol–water partition coefficient (Wildman–Crippen LogP) is 2.90. The molecule has 190 valence electrons. The molecule has 0 saturated carbocycles. The first-order valence-corrected chi connectivity index (χ1v) is 12.1. The van der Waals surface area contributed by atoms with Crippen molar-refractivity contribution in [3.05, 3.63) is 71.7 Å². The Kier molecular flexibility index (Phi) is 8.45. The molecule has 4 rings (SSSR count). The van der Waals surface area contributed by atoms with Crippen molar-refractivity contribution in [3.8, 4) is 16.9 Å². The highest BCUT2D eigenvalue weighted by atomic mass is 19.1. The topological polar surface area (TPSA) is 79.7 Å². The van der Waals surface area contributed by atoms with Crippen LogP contribution in [0, 0.1) is 12.7 Å². The molecule has 36 heavy (non-hydrogen) atoms. The second-order valence-corrected chi connectivity index (χ2v) is 8.94. The van der Waals surface area contributed by atoms with Gasteiger partial charge in [-0.05, 0) is 37.6 Å². The molecular weight excluding hydrogens is 461 g/mol. The summed E-state index contributed by atoms with van der Waals surface area (Å²) in [5.41, 5.74) is 3.71. The fourth-order valence-corrected chi connectivity index (χ4v) is 4.16. The molecule has 1 N–H and O–H groups in total. The fraction of sp³-hybridized carbons (Fsp3) is 0.370. The van der Waals surface area contributed by atoms with Gasteiger partial charge in [0, 0.05) is 58.2 Å². The smallest absolute Gasteiger partial charge is 0.257 e. The number of amides is 2. The molecule has 2 aromatic carbocycles. The summed E-state index contributed by atoms with van der Waals surface area (Å²) in [4.78, 5) is 29.6. The molecule has 8 nitrogen and oxygen atoms in total. The van der Waals surface area contributed by atoms with Crippen LogP contribution >= 0.6 is 0 Å². The van der Waals surface area contributed by atoms with E-state index in [0.717, 1.165) is 17.5 Å². The van der Waals surface area contributed by atoms with Crippen molar-refractivity contribution < 1.29 is 18.7 Å². The molecule has 3 aromatic rings. The Labute approximate surface area is 210 Å². The first kappa shape index (κ1) is 25.5. The number of halogens is 1. The minimum absolute atomic E-state index is 0.0203. The molecule has 0 atom stereocenters. The third-order valence-corrected chi connectivity index (χ3v) is 6.23. The van der Waals surface area contributed by atoms with Gasteiger partial charge in [-0.15, -0.1) is 0 Å². The number of hydrogen-bond donors (Lipinski definition) is 1. The van der Waals surface area contributed by atoms with E-state index >= 15 is 0 Å². The summed E-state index contributed by atoms with van der Waals surface area (Å²) in [6, 6.07) is 13.9. The highest BCUT2D eigenvalue weighted by molar-refractivity contribution is 6.00. The van der Waals surface area contributed by atoms with Gasteiger partial charge in [0.15, 0.2) is 0 Å². The summed E-state index contributed by atoms with van der Waals surface area (Å²) in [6.45, 7) is 5.79. The van der Waals surface area contributed by atoms with E-state index in [1.165, 1.54) is 12.1 Å². The Bertz CT molecular complexity index is 1170. The van der Waals surface area contributed by atoms with Gasteiger partial charge in [-0.2, -0.15) is 5.10 Å². The second-order valence-electron chi connectivity index (χ2n) is 8.94. The highest BCUT2D eigenvalue weighted by Crippen LogP contribution is 2.26. The predicted molar refractivity (Wildman–Crippen MR) is 136 cm³/mol. The number of nitrogens with zero attached hydrogens (tertiary/aromatic N) is 4. The number of aryl methyl sites for hydroxylation is 1. The quantitative estimate of drug-likeness (QED) is 0.464. The zero-order valence-electron chi connectivity index (χ0n) is 20.7. The Hall–Kier alpha value is -3.56. The Morgan fingerprint density at radius 2 is 1.72 bits per heavy atom. The lowest BCUT2D eigenvalue weighted by molar-refractivity contribution is -0.122. The molecule has 1 aromatic heterocycles. The summed E-state index contributed by atoms with van der Waals surface area (Å²) in [5, 5.41) is 7.60. The van der Waals surface area contributed by atoms with Crippen molar-refractivity contribution in [3.63, 3.8) is 0 Å². The molecule has 0 bridgehead atoms. The molecule has 0 radical (unpaired) electrons. The van der Waals surface area contributed by atoms with Crippen LogP contribution in [0.15, 0.2) is 54.7 Å². The number of piperazine rings is 1. The molecular formula is C27H32FN5O3. The number of carbonyl (C=O) groups excluding carboxylic acids is 2. The van der Waals surface area contributed by atoms with E-state index in [1.54, 1.807) is 35.0 Å². The number of aromatic nitrogens is 2. The van der Waals surface area contributed by atoms with Gasteiger partial charge in [0.1, 0.15) is 11.5 Å². The van der Waals surface area contributed by atoms with Gasteiger partial charge in [-0.25, -0.2) is 9.07 Å². The van der Waals surface area contributed by atoms with Crippen LogP contribution in [-0.4, -0.2) is 84.4 Å². The number of ether oxygens (including phenoxy) is 1. The third kappa shape index (κ3) is 6.35. The molecule has 1 aliphatic rings. The van der Waals surface area contributed by atoms with Crippen LogP contribution < -0.4 is 5.32 Å². The molecule has 9 heteroatoms. The van der Waals surface area contributed by atoms with Crippen LogP contribution in [0.5, 0.6) is 0 Å². The minimum Gasteiger partial charge on any atom is -0.385 e. The van der Waals surface area contributed by atoms with Crippen molar-refractivity contribution in [2.24, 2.45) is 0 Å². The van der Waals surface area contributed by atoms with Gasteiger partial charge in [0.25, 0.3) is 5.91 Å². The summed E-state index contributed by atoms with van der Waals surface area (Å²) >= 11 is 0. The lowest BCUT2D eigenvalue weighted by Gasteiger charge is -2.34. The number of benzene rings is 2. The number of carbonyl (C=O) groups is 2. The summed E-state index contributed by atoms with van der Waals surface area (Å²) < 4.78 is 20.1. The van der Waals surface area contributed by atoms with E-state index in [9.17, 15) is 14.0 Å². The van der Waals surface area contributed by atoms with Crippen molar-refractivity contribution in [1.29, 1.82) is 0 Å².